The molecule has 0 spiro atoms. The highest BCUT2D eigenvalue weighted by Gasteiger charge is 2.21. The molecule has 1 rings (SSSR count). The van der Waals surface area contributed by atoms with E-state index in [0.29, 0.717) is 6.42 Å². The fraction of sp³-hybridized carbons (Fsp3) is 0.444. The predicted octanol–water partition coefficient (Wildman–Crippen LogP) is 3.02. The van der Waals surface area contributed by atoms with Gasteiger partial charge in [0.05, 0.1) is 0 Å². The monoisotopic (exact) mass is 318 g/mol. The number of ether oxygens (including phenoxy) is 1. The molecule has 1 aromatic rings. The van der Waals surface area contributed by atoms with Crippen molar-refractivity contribution in [3.63, 3.8) is 0 Å². The molecule has 0 radical (unpaired) electrons. The summed E-state index contributed by atoms with van der Waals surface area (Å²) in [7, 11) is 0. The molecule has 2 atom stereocenters. The Balaban J connectivity index is 2.41. The molecule has 5 nitrogen and oxygen atoms in total. The molecular formula is C18H26N2O3. The van der Waals surface area contributed by atoms with E-state index in [2.05, 4.69) is 17.2 Å². The van der Waals surface area contributed by atoms with E-state index in [0.717, 1.165) is 5.56 Å². The smallest absolute Gasteiger partial charge is 0.408 e. The van der Waals surface area contributed by atoms with E-state index in [1.165, 1.54) is 0 Å². The summed E-state index contributed by atoms with van der Waals surface area (Å²) in [6, 6.07) is 8.72. The van der Waals surface area contributed by atoms with Gasteiger partial charge >= 0.3 is 6.09 Å². The molecule has 23 heavy (non-hydrogen) atoms. The average molecular weight is 318 g/mol. The van der Waals surface area contributed by atoms with Crippen LogP contribution in [-0.2, 0) is 16.1 Å². The minimum absolute atomic E-state index is 0.00425. The Morgan fingerprint density at radius 3 is 2.39 bits per heavy atom. The quantitative estimate of drug-likeness (QED) is 0.724. The SMILES string of the molecule is C=CCC(NC(=O)C(C)NC(=O)OCc1ccccc1)C(C)C. The number of nitrogens with one attached hydrogen (secondary N) is 2. The van der Waals surface area contributed by atoms with Gasteiger partial charge in [0, 0.05) is 6.04 Å². The molecule has 0 saturated carbocycles. The molecule has 0 aromatic heterocycles. The van der Waals surface area contributed by atoms with Gasteiger partial charge in [0.2, 0.25) is 5.91 Å². The summed E-state index contributed by atoms with van der Waals surface area (Å²) in [5.41, 5.74) is 0.894. The maximum atomic E-state index is 12.1. The molecule has 0 bridgehead atoms. The van der Waals surface area contributed by atoms with Crippen molar-refractivity contribution < 1.29 is 14.3 Å². The van der Waals surface area contributed by atoms with Crippen LogP contribution >= 0.6 is 0 Å². The topological polar surface area (TPSA) is 67.4 Å². The second kappa shape index (κ2) is 9.66. The van der Waals surface area contributed by atoms with Gasteiger partial charge in [0.15, 0.2) is 0 Å². The summed E-state index contributed by atoms with van der Waals surface area (Å²) in [6.45, 7) is 9.55. The molecule has 0 saturated heterocycles. The highest BCUT2D eigenvalue weighted by molar-refractivity contribution is 5.85. The van der Waals surface area contributed by atoms with Crippen LogP contribution in [-0.4, -0.2) is 24.1 Å². The first kappa shape index (κ1) is 18.7. The second-order valence-electron chi connectivity index (χ2n) is 5.81. The molecule has 5 heteroatoms. The van der Waals surface area contributed by atoms with Crippen molar-refractivity contribution in [2.24, 2.45) is 5.92 Å². The van der Waals surface area contributed by atoms with Crippen LogP contribution in [0.3, 0.4) is 0 Å². The Morgan fingerprint density at radius 1 is 1.17 bits per heavy atom. The highest BCUT2D eigenvalue weighted by Crippen LogP contribution is 2.07. The van der Waals surface area contributed by atoms with Crippen molar-refractivity contribution in [1.82, 2.24) is 10.6 Å². The fourth-order valence-electron chi connectivity index (χ4n) is 1.99. The summed E-state index contributed by atoms with van der Waals surface area (Å²) >= 11 is 0. The number of hydrogen-bond donors (Lipinski definition) is 2. The lowest BCUT2D eigenvalue weighted by molar-refractivity contribution is -0.123. The summed E-state index contributed by atoms with van der Waals surface area (Å²) in [6.07, 6.45) is 1.85. The maximum Gasteiger partial charge on any atom is 0.408 e. The fourth-order valence-corrected chi connectivity index (χ4v) is 1.99. The van der Waals surface area contributed by atoms with Gasteiger partial charge in [0.1, 0.15) is 12.6 Å². The van der Waals surface area contributed by atoms with Crippen LogP contribution in [0.25, 0.3) is 0 Å². The Labute approximate surface area is 138 Å². The number of carbonyl (C=O) groups is 2. The number of hydrogen-bond acceptors (Lipinski definition) is 3. The predicted molar refractivity (Wildman–Crippen MR) is 90.8 cm³/mol. The van der Waals surface area contributed by atoms with E-state index in [9.17, 15) is 9.59 Å². The van der Waals surface area contributed by atoms with Gasteiger partial charge in [-0.3, -0.25) is 4.79 Å². The van der Waals surface area contributed by atoms with Crippen LogP contribution in [0, 0.1) is 5.92 Å². The van der Waals surface area contributed by atoms with Gasteiger partial charge < -0.3 is 15.4 Å². The third kappa shape index (κ3) is 7.00. The lowest BCUT2D eigenvalue weighted by atomic mass is 10.0. The van der Waals surface area contributed by atoms with Crippen LogP contribution < -0.4 is 10.6 Å². The lowest BCUT2D eigenvalue weighted by Gasteiger charge is -2.23. The number of amides is 2. The molecule has 0 aliphatic carbocycles. The van der Waals surface area contributed by atoms with Gasteiger partial charge in [-0.25, -0.2) is 4.79 Å². The molecule has 126 valence electrons. The molecule has 0 aliphatic heterocycles. The zero-order valence-electron chi connectivity index (χ0n) is 14.0. The van der Waals surface area contributed by atoms with Crippen LogP contribution in [0.15, 0.2) is 43.0 Å². The van der Waals surface area contributed by atoms with E-state index in [-0.39, 0.29) is 24.5 Å². The summed E-state index contributed by atoms with van der Waals surface area (Å²) in [5.74, 6) is 0.0522. The van der Waals surface area contributed by atoms with E-state index in [1.807, 2.05) is 44.2 Å². The van der Waals surface area contributed by atoms with Crippen molar-refractivity contribution in [1.29, 1.82) is 0 Å². The minimum atomic E-state index is -0.663. The minimum Gasteiger partial charge on any atom is -0.445 e. The van der Waals surface area contributed by atoms with Gasteiger partial charge in [-0.1, -0.05) is 50.3 Å². The largest absolute Gasteiger partial charge is 0.445 e. The number of carbonyl (C=O) groups excluding carboxylic acids is 2. The summed E-state index contributed by atoms with van der Waals surface area (Å²) < 4.78 is 5.10. The summed E-state index contributed by atoms with van der Waals surface area (Å²) in [5, 5.41) is 5.45. The van der Waals surface area contributed by atoms with Crippen LogP contribution in [0.4, 0.5) is 4.79 Å². The Bertz CT molecular complexity index is 514. The first-order chi connectivity index (χ1) is 10.9. The zero-order chi connectivity index (χ0) is 17.2. The molecule has 1 aromatic carbocycles. The van der Waals surface area contributed by atoms with Gasteiger partial charge in [-0.05, 0) is 24.8 Å². The molecule has 0 fully saturated rings. The van der Waals surface area contributed by atoms with Crippen LogP contribution in [0.1, 0.15) is 32.8 Å². The van der Waals surface area contributed by atoms with Crippen molar-refractivity contribution >= 4 is 12.0 Å². The maximum absolute atomic E-state index is 12.1. The normalized spacial score (nSPS) is 13.0. The molecular weight excluding hydrogens is 292 g/mol. The van der Waals surface area contributed by atoms with Gasteiger partial charge in [-0.2, -0.15) is 0 Å². The first-order valence-electron chi connectivity index (χ1n) is 7.82. The molecule has 0 aliphatic rings. The molecule has 0 heterocycles. The standard InChI is InChI=1S/C18H26N2O3/c1-5-9-16(13(2)3)20-17(21)14(4)19-18(22)23-12-15-10-7-6-8-11-15/h5-8,10-11,13-14,16H,1,9,12H2,2-4H3,(H,19,22)(H,20,21). The summed E-state index contributed by atoms with van der Waals surface area (Å²) in [4.78, 5) is 23.9. The van der Waals surface area contributed by atoms with E-state index in [1.54, 1.807) is 13.0 Å². The number of benzene rings is 1. The van der Waals surface area contributed by atoms with Crippen molar-refractivity contribution in [2.75, 3.05) is 0 Å². The Kier molecular flexibility index (Phi) is 7.88. The van der Waals surface area contributed by atoms with E-state index in [4.69, 9.17) is 4.74 Å². The van der Waals surface area contributed by atoms with Crippen molar-refractivity contribution in [3.8, 4) is 0 Å². The van der Waals surface area contributed by atoms with Crippen LogP contribution in [0.5, 0.6) is 0 Å². The lowest BCUT2D eigenvalue weighted by Crippen LogP contribution is -2.49. The molecule has 2 amide bonds. The average Bonchev–Trinajstić information content (AvgIpc) is 2.53. The molecule has 2 N–H and O–H groups in total. The van der Waals surface area contributed by atoms with E-state index >= 15 is 0 Å². The molecule has 2 unspecified atom stereocenters. The van der Waals surface area contributed by atoms with Gasteiger partial charge in [0.25, 0.3) is 0 Å². The number of rotatable bonds is 8. The van der Waals surface area contributed by atoms with Crippen LogP contribution in [0.2, 0.25) is 0 Å². The third-order valence-corrected chi connectivity index (χ3v) is 3.49. The first-order valence-corrected chi connectivity index (χ1v) is 7.82. The van der Waals surface area contributed by atoms with Gasteiger partial charge in [-0.15, -0.1) is 6.58 Å². The zero-order valence-corrected chi connectivity index (χ0v) is 14.0. The van der Waals surface area contributed by atoms with Crippen molar-refractivity contribution in [2.45, 2.75) is 45.9 Å². The second-order valence-corrected chi connectivity index (χ2v) is 5.81. The Morgan fingerprint density at radius 2 is 1.83 bits per heavy atom. The third-order valence-electron chi connectivity index (χ3n) is 3.49. The van der Waals surface area contributed by atoms with Crippen molar-refractivity contribution in [3.05, 3.63) is 48.6 Å². The highest BCUT2D eigenvalue weighted by atomic mass is 16.5. The number of alkyl carbamates (subject to hydrolysis) is 1. The van der Waals surface area contributed by atoms with E-state index < -0.39 is 12.1 Å². The Hall–Kier alpha value is -2.30.